The van der Waals surface area contributed by atoms with Crippen LogP contribution in [-0.4, -0.2) is 17.5 Å². The van der Waals surface area contributed by atoms with Crippen LogP contribution in [0.1, 0.15) is 46.8 Å². The van der Waals surface area contributed by atoms with Gasteiger partial charge >= 0.3 is 5.97 Å². The molecule has 28 heavy (non-hydrogen) atoms. The number of halogens is 1. The zero-order valence-corrected chi connectivity index (χ0v) is 16.0. The summed E-state index contributed by atoms with van der Waals surface area (Å²) in [5, 5.41) is 14.9. The van der Waals surface area contributed by atoms with Gasteiger partial charge in [0, 0.05) is 17.7 Å². The highest BCUT2D eigenvalue weighted by atomic mass is 35.5. The summed E-state index contributed by atoms with van der Waals surface area (Å²) in [4.78, 5) is 22.9. The third-order valence-electron chi connectivity index (χ3n) is 5.40. The maximum Gasteiger partial charge on any atom is 0.338 e. The van der Waals surface area contributed by atoms with Crippen molar-refractivity contribution in [3.8, 4) is 0 Å². The van der Waals surface area contributed by atoms with E-state index >= 15 is 0 Å². The second-order valence-corrected chi connectivity index (χ2v) is 7.37. The summed E-state index contributed by atoms with van der Waals surface area (Å²) in [6.45, 7) is 2.11. The number of fused-ring (bicyclic) bond motifs is 3. The number of esters is 1. The molecule has 2 aromatic carbocycles. The number of nitro groups is 1. The molecule has 1 N–H and O–H groups in total. The molecule has 0 bridgehead atoms. The minimum Gasteiger partial charge on any atom is -0.462 e. The van der Waals surface area contributed by atoms with Gasteiger partial charge in [0.25, 0.3) is 5.69 Å². The van der Waals surface area contributed by atoms with Crippen molar-refractivity contribution >= 4 is 28.9 Å². The molecule has 1 heterocycles. The van der Waals surface area contributed by atoms with Crippen LogP contribution in [-0.2, 0) is 4.74 Å². The molecular weight excluding hydrogens is 380 g/mol. The number of nitrogens with zero attached hydrogens (tertiary/aromatic N) is 1. The average molecular weight is 399 g/mol. The van der Waals surface area contributed by atoms with E-state index in [0.29, 0.717) is 12.2 Å². The molecule has 2 aromatic rings. The van der Waals surface area contributed by atoms with Crippen LogP contribution in [0.2, 0.25) is 5.02 Å². The molecule has 3 atom stereocenters. The Kier molecular flexibility index (Phi) is 4.81. The summed E-state index contributed by atoms with van der Waals surface area (Å²) in [5.41, 5.74) is 3.23. The Hall–Kier alpha value is -2.86. The van der Waals surface area contributed by atoms with Crippen LogP contribution in [0.4, 0.5) is 11.4 Å². The van der Waals surface area contributed by atoms with Gasteiger partial charge in [0.1, 0.15) is 5.02 Å². The van der Waals surface area contributed by atoms with E-state index < -0.39 is 4.92 Å². The van der Waals surface area contributed by atoms with E-state index in [-0.39, 0.29) is 34.6 Å². The quantitative estimate of drug-likeness (QED) is 0.329. The van der Waals surface area contributed by atoms with Crippen molar-refractivity contribution in [3.63, 3.8) is 0 Å². The molecule has 0 spiro atoms. The van der Waals surface area contributed by atoms with Gasteiger partial charge in [0.15, 0.2) is 0 Å². The molecule has 6 nitrogen and oxygen atoms in total. The number of nitrogens with one attached hydrogen (secondary N) is 1. The lowest BCUT2D eigenvalue weighted by molar-refractivity contribution is -0.384. The van der Waals surface area contributed by atoms with Crippen molar-refractivity contribution in [1.82, 2.24) is 0 Å². The van der Waals surface area contributed by atoms with Crippen molar-refractivity contribution in [1.29, 1.82) is 0 Å². The maximum atomic E-state index is 12.1. The van der Waals surface area contributed by atoms with Gasteiger partial charge in [-0.25, -0.2) is 4.79 Å². The minimum absolute atomic E-state index is 0.0862. The number of nitro benzene ring substituents is 1. The van der Waals surface area contributed by atoms with Crippen LogP contribution < -0.4 is 5.32 Å². The molecule has 0 saturated carbocycles. The number of rotatable bonds is 4. The van der Waals surface area contributed by atoms with Crippen LogP contribution in [0.25, 0.3) is 0 Å². The van der Waals surface area contributed by atoms with Gasteiger partial charge in [0.05, 0.1) is 23.1 Å². The minimum atomic E-state index is -0.460. The topological polar surface area (TPSA) is 81.5 Å². The maximum absolute atomic E-state index is 12.1. The van der Waals surface area contributed by atoms with Gasteiger partial charge in [-0.2, -0.15) is 0 Å². The molecular formula is C21H19ClN2O4. The lowest BCUT2D eigenvalue weighted by Gasteiger charge is -2.37. The van der Waals surface area contributed by atoms with Gasteiger partial charge in [-0.15, -0.1) is 0 Å². The van der Waals surface area contributed by atoms with Crippen LogP contribution in [0, 0.1) is 16.0 Å². The van der Waals surface area contributed by atoms with Crippen LogP contribution >= 0.6 is 11.6 Å². The van der Waals surface area contributed by atoms with Gasteiger partial charge < -0.3 is 10.1 Å². The zero-order valence-electron chi connectivity index (χ0n) is 15.2. The molecule has 0 radical (unpaired) electrons. The summed E-state index contributed by atoms with van der Waals surface area (Å²) in [5.74, 6) is -0.00429. The largest absolute Gasteiger partial charge is 0.462 e. The number of hydrogen-bond acceptors (Lipinski definition) is 5. The normalized spacial score (nSPS) is 22.1. The van der Waals surface area contributed by atoms with Crippen molar-refractivity contribution < 1.29 is 14.5 Å². The second-order valence-electron chi connectivity index (χ2n) is 6.97. The molecule has 0 saturated heterocycles. The number of allylic oxidation sites excluding steroid dienone is 2. The summed E-state index contributed by atoms with van der Waals surface area (Å²) >= 11 is 5.98. The van der Waals surface area contributed by atoms with Gasteiger partial charge in [-0.1, -0.05) is 29.8 Å². The Balaban J connectivity index is 1.73. The van der Waals surface area contributed by atoms with Crippen molar-refractivity contribution in [3.05, 3.63) is 80.4 Å². The molecule has 0 aromatic heterocycles. The fourth-order valence-electron chi connectivity index (χ4n) is 4.13. The van der Waals surface area contributed by atoms with Crippen molar-refractivity contribution in [2.45, 2.75) is 25.3 Å². The Morgan fingerprint density at radius 2 is 2.14 bits per heavy atom. The summed E-state index contributed by atoms with van der Waals surface area (Å²) in [6.07, 6.45) is 5.12. The Labute approximate surface area is 167 Å². The number of anilines is 1. The highest BCUT2D eigenvalue weighted by Crippen LogP contribution is 2.50. The lowest BCUT2D eigenvalue weighted by Crippen LogP contribution is -2.29. The SMILES string of the molecule is CCOC(=O)c1ccc2c(c1)C1C=CCC1C(c1ccc(Cl)c([N+](=O)[O-])c1)N2. The predicted molar refractivity (Wildman–Crippen MR) is 107 cm³/mol. The number of benzene rings is 2. The van der Waals surface area contributed by atoms with Crippen molar-refractivity contribution in [2.24, 2.45) is 5.92 Å². The Morgan fingerprint density at radius 3 is 2.89 bits per heavy atom. The van der Waals surface area contributed by atoms with Gasteiger partial charge in [0.2, 0.25) is 0 Å². The number of carbonyl (C=O) groups excluding carboxylic acids is 1. The molecule has 7 heteroatoms. The molecule has 4 rings (SSSR count). The monoisotopic (exact) mass is 398 g/mol. The van der Waals surface area contributed by atoms with Crippen molar-refractivity contribution in [2.75, 3.05) is 11.9 Å². The van der Waals surface area contributed by atoms with E-state index in [1.165, 1.54) is 0 Å². The fraction of sp³-hybridized carbons (Fsp3) is 0.286. The first-order valence-corrected chi connectivity index (χ1v) is 9.55. The van der Waals surface area contributed by atoms with Crippen LogP contribution in [0.15, 0.2) is 48.6 Å². The molecule has 1 aliphatic heterocycles. The highest BCUT2D eigenvalue weighted by molar-refractivity contribution is 6.32. The van der Waals surface area contributed by atoms with E-state index in [4.69, 9.17) is 16.3 Å². The highest BCUT2D eigenvalue weighted by Gasteiger charge is 2.38. The Bertz CT molecular complexity index is 988. The van der Waals surface area contributed by atoms with Gasteiger partial charge in [-0.05, 0) is 54.7 Å². The standard InChI is InChI=1S/C21H19ClN2O4/c1-2-28-21(25)13-7-9-18-16(10-13)14-4-3-5-15(14)20(23-18)12-6-8-17(22)19(11-12)24(26)27/h3-4,6-11,14-15,20,23H,2,5H2,1H3. The summed E-state index contributed by atoms with van der Waals surface area (Å²) in [7, 11) is 0. The number of ether oxygens (including phenoxy) is 1. The van der Waals surface area contributed by atoms with E-state index in [2.05, 4.69) is 17.5 Å². The molecule has 2 aliphatic rings. The summed E-state index contributed by atoms with van der Waals surface area (Å²) in [6, 6.07) is 10.4. The fourth-order valence-corrected chi connectivity index (χ4v) is 4.32. The first kappa shape index (κ1) is 18.5. The van der Waals surface area contributed by atoms with E-state index in [0.717, 1.165) is 23.2 Å². The smallest absolute Gasteiger partial charge is 0.338 e. The average Bonchev–Trinajstić information content (AvgIpc) is 3.17. The predicted octanol–water partition coefficient (Wildman–Crippen LogP) is 5.25. The Morgan fingerprint density at radius 1 is 1.32 bits per heavy atom. The lowest BCUT2D eigenvalue weighted by atomic mass is 9.76. The third kappa shape index (κ3) is 3.14. The number of hydrogen-bond donors (Lipinski definition) is 1. The first-order chi connectivity index (χ1) is 13.5. The molecule has 144 valence electrons. The van der Waals surface area contributed by atoms with E-state index in [1.54, 1.807) is 25.1 Å². The van der Waals surface area contributed by atoms with E-state index in [1.807, 2.05) is 18.2 Å². The number of carbonyl (C=O) groups is 1. The zero-order chi connectivity index (χ0) is 19.8. The molecule has 0 fully saturated rings. The molecule has 0 amide bonds. The van der Waals surface area contributed by atoms with Crippen LogP contribution in [0.3, 0.4) is 0 Å². The van der Waals surface area contributed by atoms with E-state index in [9.17, 15) is 14.9 Å². The summed E-state index contributed by atoms with van der Waals surface area (Å²) < 4.78 is 5.11. The van der Waals surface area contributed by atoms with Gasteiger partial charge in [-0.3, -0.25) is 10.1 Å². The second kappa shape index (κ2) is 7.28. The first-order valence-electron chi connectivity index (χ1n) is 9.17. The third-order valence-corrected chi connectivity index (χ3v) is 5.72. The molecule has 1 aliphatic carbocycles. The molecule has 3 unspecified atom stereocenters. The van der Waals surface area contributed by atoms with Crippen LogP contribution in [0.5, 0.6) is 0 Å².